The van der Waals surface area contributed by atoms with Crippen molar-refractivity contribution in [3.05, 3.63) is 58.8 Å². The molecule has 1 saturated heterocycles. The second-order valence-corrected chi connectivity index (χ2v) is 8.82. The standard InChI is InChI=1S/C24H28BrN3O/c1-2-3-4-5-8-15-27-22-10-7-6-9-21(22)26-24(27)18-16-23(29)28(17-18)20-13-11-19(25)12-14-20/h6-7,9-14,18H,2-5,8,15-17H2,1H3. The number of unbranched alkanes of at least 4 members (excludes halogenated alkanes) is 4. The summed E-state index contributed by atoms with van der Waals surface area (Å²) in [7, 11) is 0. The van der Waals surface area contributed by atoms with Crippen LogP contribution in [-0.2, 0) is 11.3 Å². The van der Waals surface area contributed by atoms with Crippen molar-refractivity contribution in [1.82, 2.24) is 9.55 Å². The highest BCUT2D eigenvalue weighted by atomic mass is 79.9. The Morgan fingerprint density at radius 1 is 1.03 bits per heavy atom. The lowest BCUT2D eigenvalue weighted by Crippen LogP contribution is -2.24. The molecular formula is C24H28BrN3O. The molecule has 1 amide bonds. The highest BCUT2D eigenvalue weighted by Gasteiger charge is 2.34. The van der Waals surface area contributed by atoms with E-state index in [-0.39, 0.29) is 11.8 Å². The third kappa shape index (κ3) is 4.40. The predicted octanol–water partition coefficient (Wildman–Crippen LogP) is 6.29. The molecule has 0 spiro atoms. The summed E-state index contributed by atoms with van der Waals surface area (Å²) >= 11 is 3.47. The number of carbonyl (C=O) groups excluding carboxylic acids is 1. The Balaban J connectivity index is 1.57. The van der Waals surface area contributed by atoms with Crippen molar-refractivity contribution in [1.29, 1.82) is 0 Å². The topological polar surface area (TPSA) is 38.1 Å². The second-order valence-electron chi connectivity index (χ2n) is 7.91. The van der Waals surface area contributed by atoms with Gasteiger partial charge in [0.05, 0.1) is 11.0 Å². The first-order valence-electron chi connectivity index (χ1n) is 10.7. The molecule has 0 bridgehead atoms. The van der Waals surface area contributed by atoms with Crippen molar-refractivity contribution < 1.29 is 4.79 Å². The maximum atomic E-state index is 12.8. The Hall–Kier alpha value is -2.14. The van der Waals surface area contributed by atoms with E-state index in [4.69, 9.17) is 4.98 Å². The fraction of sp³-hybridized carbons (Fsp3) is 0.417. The van der Waals surface area contributed by atoms with Gasteiger partial charge in [-0.1, -0.05) is 60.7 Å². The van der Waals surface area contributed by atoms with E-state index in [2.05, 4.69) is 45.6 Å². The summed E-state index contributed by atoms with van der Waals surface area (Å²) in [6.45, 7) is 3.91. The molecule has 5 heteroatoms. The van der Waals surface area contributed by atoms with Gasteiger partial charge in [-0.15, -0.1) is 0 Å². The van der Waals surface area contributed by atoms with Gasteiger partial charge in [0, 0.05) is 35.6 Å². The maximum Gasteiger partial charge on any atom is 0.227 e. The number of hydrogen-bond donors (Lipinski definition) is 0. The molecule has 1 aliphatic rings. The predicted molar refractivity (Wildman–Crippen MR) is 122 cm³/mol. The number of fused-ring (bicyclic) bond motifs is 1. The number of nitrogens with zero attached hydrogens (tertiary/aromatic N) is 3. The van der Waals surface area contributed by atoms with Crippen LogP contribution < -0.4 is 4.90 Å². The molecule has 0 radical (unpaired) electrons. The van der Waals surface area contributed by atoms with Gasteiger partial charge in [0.15, 0.2) is 0 Å². The minimum absolute atomic E-state index is 0.134. The van der Waals surface area contributed by atoms with Gasteiger partial charge in [-0.25, -0.2) is 4.98 Å². The van der Waals surface area contributed by atoms with Crippen LogP contribution in [0.4, 0.5) is 5.69 Å². The molecule has 1 atom stereocenters. The largest absolute Gasteiger partial charge is 0.328 e. The number of carbonyl (C=O) groups is 1. The maximum absolute atomic E-state index is 12.8. The number of para-hydroxylation sites is 2. The summed E-state index contributed by atoms with van der Waals surface area (Å²) in [5.74, 6) is 1.38. The highest BCUT2D eigenvalue weighted by molar-refractivity contribution is 9.10. The van der Waals surface area contributed by atoms with E-state index in [1.807, 2.05) is 35.2 Å². The van der Waals surface area contributed by atoms with E-state index in [1.54, 1.807) is 0 Å². The zero-order valence-corrected chi connectivity index (χ0v) is 18.6. The van der Waals surface area contributed by atoms with Crippen molar-refractivity contribution in [2.45, 2.75) is 57.9 Å². The second kappa shape index (κ2) is 9.12. The Labute approximate surface area is 181 Å². The van der Waals surface area contributed by atoms with Gasteiger partial charge in [-0.3, -0.25) is 4.79 Å². The molecule has 4 rings (SSSR count). The molecule has 1 aliphatic heterocycles. The first-order valence-corrected chi connectivity index (χ1v) is 11.5. The van der Waals surface area contributed by atoms with Gasteiger partial charge in [0.1, 0.15) is 5.82 Å². The smallest absolute Gasteiger partial charge is 0.227 e. The average Bonchev–Trinajstić information content (AvgIpc) is 3.29. The van der Waals surface area contributed by atoms with Crippen LogP contribution in [0, 0.1) is 0 Å². The molecule has 152 valence electrons. The van der Waals surface area contributed by atoms with E-state index < -0.39 is 0 Å². The molecule has 0 N–H and O–H groups in total. The summed E-state index contributed by atoms with van der Waals surface area (Å²) < 4.78 is 3.39. The lowest BCUT2D eigenvalue weighted by Gasteiger charge is -2.17. The molecule has 2 heterocycles. The molecule has 0 aliphatic carbocycles. The molecule has 1 unspecified atom stereocenters. The van der Waals surface area contributed by atoms with Gasteiger partial charge in [0.25, 0.3) is 0 Å². The summed E-state index contributed by atoms with van der Waals surface area (Å²) in [5, 5.41) is 0. The van der Waals surface area contributed by atoms with E-state index in [1.165, 1.54) is 31.2 Å². The van der Waals surface area contributed by atoms with Crippen LogP contribution in [0.1, 0.15) is 57.2 Å². The lowest BCUT2D eigenvalue weighted by molar-refractivity contribution is -0.117. The fourth-order valence-corrected chi connectivity index (χ4v) is 4.53. The van der Waals surface area contributed by atoms with Gasteiger partial charge in [-0.2, -0.15) is 0 Å². The van der Waals surface area contributed by atoms with Crippen molar-refractivity contribution in [2.24, 2.45) is 0 Å². The quantitative estimate of drug-likeness (QED) is 0.375. The minimum atomic E-state index is 0.134. The van der Waals surface area contributed by atoms with E-state index in [0.29, 0.717) is 13.0 Å². The number of halogens is 1. The van der Waals surface area contributed by atoms with Crippen LogP contribution in [0.3, 0.4) is 0 Å². The third-order valence-corrected chi connectivity index (χ3v) is 6.33. The number of anilines is 1. The highest BCUT2D eigenvalue weighted by Crippen LogP contribution is 2.33. The van der Waals surface area contributed by atoms with Crippen LogP contribution in [0.15, 0.2) is 53.0 Å². The number of aryl methyl sites for hydroxylation is 1. The van der Waals surface area contributed by atoms with Gasteiger partial charge >= 0.3 is 0 Å². The molecular weight excluding hydrogens is 426 g/mol. The number of amides is 1. The molecule has 1 fully saturated rings. The van der Waals surface area contributed by atoms with E-state index in [9.17, 15) is 4.79 Å². The van der Waals surface area contributed by atoms with Crippen molar-refractivity contribution in [3.8, 4) is 0 Å². The molecule has 0 saturated carbocycles. The van der Waals surface area contributed by atoms with Gasteiger partial charge in [-0.05, 0) is 42.8 Å². The SMILES string of the molecule is CCCCCCCn1c(C2CC(=O)N(c3ccc(Br)cc3)C2)nc2ccccc21. The molecule has 1 aromatic heterocycles. The summed E-state index contributed by atoms with van der Waals surface area (Å²) in [6.07, 6.45) is 6.78. The first kappa shape index (κ1) is 20.1. The van der Waals surface area contributed by atoms with Crippen molar-refractivity contribution in [2.75, 3.05) is 11.4 Å². The zero-order chi connectivity index (χ0) is 20.2. The summed E-state index contributed by atoms with van der Waals surface area (Å²) in [4.78, 5) is 19.6. The molecule has 3 aromatic rings. The van der Waals surface area contributed by atoms with Crippen LogP contribution in [-0.4, -0.2) is 22.0 Å². The Morgan fingerprint density at radius 2 is 1.79 bits per heavy atom. The number of benzene rings is 2. The van der Waals surface area contributed by atoms with Crippen LogP contribution in [0.5, 0.6) is 0 Å². The fourth-order valence-electron chi connectivity index (χ4n) is 4.27. The minimum Gasteiger partial charge on any atom is -0.328 e. The van der Waals surface area contributed by atoms with Crippen molar-refractivity contribution in [3.63, 3.8) is 0 Å². The van der Waals surface area contributed by atoms with E-state index in [0.717, 1.165) is 34.5 Å². The number of aromatic nitrogens is 2. The van der Waals surface area contributed by atoms with E-state index >= 15 is 0 Å². The Kier molecular flexibility index (Phi) is 6.34. The lowest BCUT2D eigenvalue weighted by atomic mass is 10.1. The monoisotopic (exact) mass is 453 g/mol. The van der Waals surface area contributed by atoms with Crippen LogP contribution in [0.25, 0.3) is 11.0 Å². The average molecular weight is 454 g/mol. The van der Waals surface area contributed by atoms with Gasteiger partial charge < -0.3 is 9.47 Å². The Bertz CT molecular complexity index is 979. The van der Waals surface area contributed by atoms with Crippen LogP contribution >= 0.6 is 15.9 Å². The molecule has 2 aromatic carbocycles. The zero-order valence-electron chi connectivity index (χ0n) is 17.0. The van der Waals surface area contributed by atoms with Crippen molar-refractivity contribution >= 4 is 38.6 Å². The third-order valence-electron chi connectivity index (χ3n) is 5.80. The summed E-state index contributed by atoms with van der Waals surface area (Å²) in [6, 6.07) is 16.3. The first-order chi connectivity index (χ1) is 14.2. The normalized spacial score (nSPS) is 16.8. The number of rotatable bonds is 8. The van der Waals surface area contributed by atoms with Gasteiger partial charge in [0.2, 0.25) is 5.91 Å². The molecule has 29 heavy (non-hydrogen) atoms. The Morgan fingerprint density at radius 3 is 2.59 bits per heavy atom. The summed E-state index contributed by atoms with van der Waals surface area (Å²) in [5.41, 5.74) is 3.18. The number of hydrogen-bond acceptors (Lipinski definition) is 2. The molecule has 4 nitrogen and oxygen atoms in total. The van der Waals surface area contributed by atoms with Crippen LogP contribution in [0.2, 0.25) is 0 Å². The number of imidazole rings is 1.